The molecule has 2 unspecified atom stereocenters. The molecule has 0 aliphatic heterocycles. The molecule has 1 aromatic heterocycles. The van der Waals surface area contributed by atoms with Gasteiger partial charge in [0, 0.05) is 6.04 Å². The predicted octanol–water partition coefficient (Wildman–Crippen LogP) is 2.71. The summed E-state index contributed by atoms with van der Waals surface area (Å²) in [6.45, 7) is 4.29. The lowest BCUT2D eigenvalue weighted by molar-refractivity contribution is 0.472. The van der Waals surface area contributed by atoms with Gasteiger partial charge in [-0.05, 0) is 56.4 Å². The smallest absolute Gasteiger partial charge is 0.0961 e. The van der Waals surface area contributed by atoms with E-state index in [9.17, 15) is 0 Å². The summed E-state index contributed by atoms with van der Waals surface area (Å²) in [5, 5.41) is 0. The Morgan fingerprint density at radius 3 is 2.71 bits per heavy atom. The summed E-state index contributed by atoms with van der Waals surface area (Å²) in [6, 6.07) is 5.13. The van der Waals surface area contributed by atoms with Crippen LogP contribution in [0.25, 0.3) is 11.0 Å². The standard InChI is InChI=1S/C14H19N3/c1-9-6-12-14(7-10(9)2)17(8-16-12)13-5-3-4-11(13)15/h6-8,11,13H,3-5,15H2,1-2H3. The van der Waals surface area contributed by atoms with Crippen LogP contribution < -0.4 is 5.73 Å². The highest BCUT2D eigenvalue weighted by molar-refractivity contribution is 5.77. The van der Waals surface area contributed by atoms with Crippen molar-refractivity contribution in [3.05, 3.63) is 29.6 Å². The van der Waals surface area contributed by atoms with Gasteiger partial charge in [0.25, 0.3) is 0 Å². The highest BCUT2D eigenvalue weighted by Gasteiger charge is 2.26. The summed E-state index contributed by atoms with van der Waals surface area (Å²) in [5.74, 6) is 0. The number of nitrogens with zero attached hydrogens (tertiary/aromatic N) is 2. The number of aromatic nitrogens is 2. The molecular formula is C14H19N3. The molecule has 2 aromatic rings. The summed E-state index contributed by atoms with van der Waals surface area (Å²) in [7, 11) is 0. The van der Waals surface area contributed by atoms with Gasteiger partial charge < -0.3 is 10.3 Å². The molecule has 0 amide bonds. The second-order valence-electron chi connectivity index (χ2n) is 5.24. The lowest BCUT2D eigenvalue weighted by Crippen LogP contribution is -2.26. The van der Waals surface area contributed by atoms with Crippen LogP contribution in [0.15, 0.2) is 18.5 Å². The molecule has 0 radical (unpaired) electrons. The zero-order chi connectivity index (χ0) is 12.0. The van der Waals surface area contributed by atoms with E-state index in [4.69, 9.17) is 5.73 Å². The molecule has 1 aromatic carbocycles. The Kier molecular flexibility index (Phi) is 2.44. The first-order chi connectivity index (χ1) is 8.16. The lowest BCUT2D eigenvalue weighted by atomic mass is 10.1. The molecule has 1 aliphatic carbocycles. The van der Waals surface area contributed by atoms with Gasteiger partial charge in [-0.3, -0.25) is 0 Å². The number of rotatable bonds is 1. The summed E-state index contributed by atoms with van der Waals surface area (Å²) in [5.41, 5.74) is 11.1. The minimum absolute atomic E-state index is 0.286. The Morgan fingerprint density at radius 1 is 1.24 bits per heavy atom. The number of nitrogens with two attached hydrogens (primary N) is 1. The maximum Gasteiger partial charge on any atom is 0.0961 e. The van der Waals surface area contributed by atoms with Crippen LogP contribution in [-0.4, -0.2) is 15.6 Å². The third kappa shape index (κ3) is 1.65. The number of fused-ring (bicyclic) bond motifs is 1. The third-order valence-corrected chi connectivity index (χ3v) is 4.08. The van der Waals surface area contributed by atoms with Gasteiger partial charge in [0.2, 0.25) is 0 Å². The van der Waals surface area contributed by atoms with E-state index in [1.807, 2.05) is 6.33 Å². The van der Waals surface area contributed by atoms with Gasteiger partial charge in [0.1, 0.15) is 0 Å². The second-order valence-corrected chi connectivity index (χ2v) is 5.24. The number of imidazole rings is 1. The highest BCUT2D eigenvalue weighted by Crippen LogP contribution is 2.31. The van der Waals surface area contributed by atoms with E-state index in [1.165, 1.54) is 29.5 Å². The lowest BCUT2D eigenvalue weighted by Gasteiger charge is -2.18. The van der Waals surface area contributed by atoms with Gasteiger partial charge in [-0.2, -0.15) is 0 Å². The van der Waals surface area contributed by atoms with Crippen LogP contribution in [0.3, 0.4) is 0 Å². The van der Waals surface area contributed by atoms with E-state index < -0.39 is 0 Å². The number of hydrogen-bond acceptors (Lipinski definition) is 2. The van der Waals surface area contributed by atoms with Gasteiger partial charge in [0.05, 0.1) is 23.4 Å². The van der Waals surface area contributed by atoms with Gasteiger partial charge >= 0.3 is 0 Å². The maximum absolute atomic E-state index is 6.18. The minimum atomic E-state index is 0.286. The van der Waals surface area contributed by atoms with Gasteiger partial charge in [-0.15, -0.1) is 0 Å². The summed E-state index contributed by atoms with van der Waals surface area (Å²) < 4.78 is 2.28. The SMILES string of the molecule is Cc1cc2ncn(C3CCCC3N)c2cc1C. The molecule has 1 fully saturated rings. The van der Waals surface area contributed by atoms with Crippen molar-refractivity contribution in [1.29, 1.82) is 0 Å². The molecule has 0 spiro atoms. The van der Waals surface area contributed by atoms with Gasteiger partial charge in [-0.1, -0.05) is 0 Å². The van der Waals surface area contributed by atoms with Gasteiger partial charge in [0.15, 0.2) is 0 Å². The van der Waals surface area contributed by atoms with E-state index >= 15 is 0 Å². The molecule has 2 atom stereocenters. The molecule has 0 saturated heterocycles. The van der Waals surface area contributed by atoms with Crippen LogP contribution in [-0.2, 0) is 0 Å². The monoisotopic (exact) mass is 229 g/mol. The van der Waals surface area contributed by atoms with Crippen molar-refractivity contribution in [2.75, 3.05) is 0 Å². The molecule has 2 N–H and O–H groups in total. The fourth-order valence-corrected chi connectivity index (χ4v) is 2.86. The van der Waals surface area contributed by atoms with Gasteiger partial charge in [-0.25, -0.2) is 4.98 Å². The quantitative estimate of drug-likeness (QED) is 0.817. The summed E-state index contributed by atoms with van der Waals surface area (Å²) in [4.78, 5) is 4.51. The van der Waals surface area contributed by atoms with Crippen LogP contribution in [0.2, 0.25) is 0 Å². The van der Waals surface area contributed by atoms with Crippen LogP contribution >= 0.6 is 0 Å². The Morgan fingerprint density at radius 2 is 2.00 bits per heavy atom. The summed E-state index contributed by atoms with van der Waals surface area (Å²) >= 11 is 0. The third-order valence-electron chi connectivity index (χ3n) is 4.08. The Bertz CT molecular complexity index is 556. The van der Waals surface area contributed by atoms with Crippen molar-refractivity contribution >= 4 is 11.0 Å². The summed E-state index contributed by atoms with van der Waals surface area (Å²) in [6.07, 6.45) is 5.50. The van der Waals surface area contributed by atoms with E-state index in [0.29, 0.717) is 6.04 Å². The van der Waals surface area contributed by atoms with E-state index in [-0.39, 0.29) is 6.04 Å². The first-order valence-electron chi connectivity index (χ1n) is 6.36. The van der Waals surface area contributed by atoms with Crippen LogP contribution in [0.1, 0.15) is 36.4 Å². The molecule has 3 rings (SSSR count). The minimum Gasteiger partial charge on any atom is -0.326 e. The molecule has 1 saturated carbocycles. The largest absolute Gasteiger partial charge is 0.326 e. The van der Waals surface area contributed by atoms with Crippen molar-refractivity contribution in [1.82, 2.24) is 9.55 Å². The highest BCUT2D eigenvalue weighted by atomic mass is 15.1. The van der Waals surface area contributed by atoms with Crippen molar-refractivity contribution in [2.45, 2.75) is 45.2 Å². The van der Waals surface area contributed by atoms with Crippen molar-refractivity contribution in [3.63, 3.8) is 0 Å². The molecular weight excluding hydrogens is 210 g/mol. The zero-order valence-electron chi connectivity index (χ0n) is 10.5. The fourth-order valence-electron chi connectivity index (χ4n) is 2.86. The first-order valence-corrected chi connectivity index (χ1v) is 6.36. The normalized spacial score (nSPS) is 24.6. The number of benzene rings is 1. The molecule has 1 aliphatic rings. The molecule has 3 nitrogen and oxygen atoms in total. The van der Waals surface area contributed by atoms with E-state index in [2.05, 4.69) is 35.5 Å². The molecule has 3 heteroatoms. The van der Waals surface area contributed by atoms with Crippen LogP contribution in [0.4, 0.5) is 0 Å². The van der Waals surface area contributed by atoms with Crippen molar-refractivity contribution in [2.24, 2.45) is 5.73 Å². The molecule has 1 heterocycles. The maximum atomic E-state index is 6.18. The average molecular weight is 229 g/mol. The number of hydrogen-bond donors (Lipinski definition) is 1. The Balaban J connectivity index is 2.14. The molecule has 90 valence electrons. The predicted molar refractivity (Wildman–Crippen MR) is 70.1 cm³/mol. The second kappa shape index (κ2) is 3.84. The molecule has 0 bridgehead atoms. The van der Waals surface area contributed by atoms with E-state index in [0.717, 1.165) is 11.9 Å². The first kappa shape index (κ1) is 10.8. The Labute approximate surface area is 102 Å². The zero-order valence-corrected chi connectivity index (χ0v) is 10.5. The fraction of sp³-hybridized carbons (Fsp3) is 0.500. The number of aryl methyl sites for hydroxylation is 2. The topological polar surface area (TPSA) is 43.8 Å². The van der Waals surface area contributed by atoms with E-state index in [1.54, 1.807) is 0 Å². The van der Waals surface area contributed by atoms with Crippen LogP contribution in [0, 0.1) is 13.8 Å². The molecule has 17 heavy (non-hydrogen) atoms. The van der Waals surface area contributed by atoms with Crippen molar-refractivity contribution < 1.29 is 0 Å². The Hall–Kier alpha value is -1.35. The average Bonchev–Trinajstić information content (AvgIpc) is 2.86. The van der Waals surface area contributed by atoms with Crippen molar-refractivity contribution in [3.8, 4) is 0 Å². The van der Waals surface area contributed by atoms with Crippen LogP contribution in [0.5, 0.6) is 0 Å².